The lowest BCUT2D eigenvalue weighted by Gasteiger charge is -2.14. The topological polar surface area (TPSA) is 32.3 Å². The van der Waals surface area contributed by atoms with E-state index in [0.717, 1.165) is 24.0 Å². The molecule has 1 aliphatic heterocycles. The first-order valence-electron chi connectivity index (χ1n) is 7.32. The van der Waals surface area contributed by atoms with Gasteiger partial charge < -0.3 is 10.2 Å². The summed E-state index contributed by atoms with van der Waals surface area (Å²) >= 11 is 0. The van der Waals surface area contributed by atoms with Crippen LogP contribution in [-0.2, 0) is 0 Å². The standard InChI is InChI=1S/C17H20N2O/c20-17(18-9-12-19-10-3-4-11-19)16-8-7-14-5-1-2-6-15(14)13-16/h1-2,5-8,13H,3-4,9-12H2,(H,18,20). The molecular weight excluding hydrogens is 248 g/mol. The Hall–Kier alpha value is -1.87. The van der Waals surface area contributed by atoms with Crippen molar-refractivity contribution >= 4 is 16.7 Å². The number of hydrogen-bond donors (Lipinski definition) is 1. The van der Waals surface area contributed by atoms with Gasteiger partial charge in [-0.15, -0.1) is 0 Å². The molecule has 20 heavy (non-hydrogen) atoms. The maximum Gasteiger partial charge on any atom is 0.251 e. The monoisotopic (exact) mass is 268 g/mol. The summed E-state index contributed by atoms with van der Waals surface area (Å²) in [6, 6.07) is 14.0. The van der Waals surface area contributed by atoms with Crippen LogP contribution in [0.3, 0.4) is 0 Å². The number of benzene rings is 2. The summed E-state index contributed by atoms with van der Waals surface area (Å²) in [6.45, 7) is 4.03. The van der Waals surface area contributed by atoms with Crippen LogP contribution in [0.15, 0.2) is 42.5 Å². The van der Waals surface area contributed by atoms with Gasteiger partial charge in [0.25, 0.3) is 5.91 Å². The van der Waals surface area contributed by atoms with Gasteiger partial charge in [-0.05, 0) is 48.8 Å². The van der Waals surface area contributed by atoms with Gasteiger partial charge in [0, 0.05) is 18.7 Å². The van der Waals surface area contributed by atoms with E-state index in [2.05, 4.69) is 16.3 Å². The molecule has 1 saturated heterocycles. The molecule has 0 spiro atoms. The summed E-state index contributed by atoms with van der Waals surface area (Å²) in [7, 11) is 0. The third-order valence-electron chi connectivity index (χ3n) is 3.92. The van der Waals surface area contributed by atoms with Crippen LogP contribution >= 0.6 is 0 Å². The van der Waals surface area contributed by atoms with Gasteiger partial charge in [-0.1, -0.05) is 30.3 Å². The van der Waals surface area contributed by atoms with Crippen molar-refractivity contribution in [2.45, 2.75) is 12.8 Å². The molecule has 0 radical (unpaired) electrons. The van der Waals surface area contributed by atoms with Gasteiger partial charge in [0.05, 0.1) is 0 Å². The van der Waals surface area contributed by atoms with Gasteiger partial charge in [-0.25, -0.2) is 0 Å². The minimum Gasteiger partial charge on any atom is -0.351 e. The highest BCUT2D eigenvalue weighted by atomic mass is 16.1. The second kappa shape index (κ2) is 6.06. The van der Waals surface area contributed by atoms with Crippen molar-refractivity contribution in [3.63, 3.8) is 0 Å². The molecule has 0 atom stereocenters. The van der Waals surface area contributed by atoms with Crippen LogP contribution in [0.5, 0.6) is 0 Å². The third-order valence-corrected chi connectivity index (χ3v) is 3.92. The number of carbonyl (C=O) groups is 1. The highest BCUT2D eigenvalue weighted by molar-refractivity contribution is 5.98. The highest BCUT2D eigenvalue weighted by Crippen LogP contribution is 2.15. The molecule has 0 aliphatic carbocycles. The lowest BCUT2D eigenvalue weighted by Crippen LogP contribution is -2.33. The number of rotatable bonds is 4. The average Bonchev–Trinajstić information content (AvgIpc) is 3.00. The van der Waals surface area contributed by atoms with Gasteiger partial charge in [0.2, 0.25) is 0 Å². The van der Waals surface area contributed by atoms with Crippen LogP contribution < -0.4 is 5.32 Å². The predicted molar refractivity (Wildman–Crippen MR) is 82.0 cm³/mol. The van der Waals surface area contributed by atoms with E-state index in [1.54, 1.807) is 0 Å². The van der Waals surface area contributed by atoms with E-state index in [-0.39, 0.29) is 5.91 Å². The minimum atomic E-state index is 0.0231. The highest BCUT2D eigenvalue weighted by Gasteiger charge is 2.11. The first kappa shape index (κ1) is 13.1. The Labute approximate surface area is 119 Å². The quantitative estimate of drug-likeness (QED) is 0.924. The predicted octanol–water partition coefficient (Wildman–Crippen LogP) is 2.67. The number of carbonyl (C=O) groups excluding carboxylic acids is 1. The zero-order valence-electron chi connectivity index (χ0n) is 11.6. The van der Waals surface area contributed by atoms with Crippen LogP contribution in [0.1, 0.15) is 23.2 Å². The number of hydrogen-bond acceptors (Lipinski definition) is 2. The van der Waals surface area contributed by atoms with Crippen molar-refractivity contribution in [1.29, 1.82) is 0 Å². The van der Waals surface area contributed by atoms with Crippen LogP contribution in [0, 0.1) is 0 Å². The molecule has 1 fully saturated rings. The smallest absolute Gasteiger partial charge is 0.251 e. The normalized spacial score (nSPS) is 15.6. The van der Waals surface area contributed by atoms with Crippen LogP contribution in [-0.4, -0.2) is 37.0 Å². The summed E-state index contributed by atoms with van der Waals surface area (Å²) in [6.07, 6.45) is 2.58. The summed E-state index contributed by atoms with van der Waals surface area (Å²) in [5.74, 6) is 0.0231. The Balaban J connectivity index is 1.60. The Bertz CT molecular complexity index is 603. The van der Waals surface area contributed by atoms with E-state index >= 15 is 0 Å². The fourth-order valence-corrected chi connectivity index (χ4v) is 2.77. The fraction of sp³-hybridized carbons (Fsp3) is 0.353. The van der Waals surface area contributed by atoms with E-state index in [9.17, 15) is 4.79 Å². The van der Waals surface area contributed by atoms with Gasteiger partial charge in [0.15, 0.2) is 0 Å². The Morgan fingerprint density at radius 2 is 1.80 bits per heavy atom. The molecule has 3 nitrogen and oxygen atoms in total. The first-order valence-corrected chi connectivity index (χ1v) is 7.32. The second-order valence-electron chi connectivity index (χ2n) is 5.37. The van der Waals surface area contributed by atoms with Crippen LogP contribution in [0.4, 0.5) is 0 Å². The minimum absolute atomic E-state index is 0.0231. The van der Waals surface area contributed by atoms with E-state index < -0.39 is 0 Å². The number of amides is 1. The van der Waals surface area contributed by atoms with E-state index in [1.807, 2.05) is 36.4 Å². The molecule has 2 aromatic rings. The van der Waals surface area contributed by atoms with Gasteiger partial charge in [0.1, 0.15) is 0 Å². The molecular formula is C17H20N2O. The Morgan fingerprint density at radius 3 is 2.60 bits per heavy atom. The first-order chi connectivity index (χ1) is 9.83. The zero-order chi connectivity index (χ0) is 13.8. The van der Waals surface area contributed by atoms with E-state index in [0.29, 0.717) is 0 Å². The fourth-order valence-electron chi connectivity index (χ4n) is 2.77. The molecule has 1 amide bonds. The third kappa shape index (κ3) is 2.99. The van der Waals surface area contributed by atoms with E-state index in [4.69, 9.17) is 0 Å². The van der Waals surface area contributed by atoms with Crippen molar-refractivity contribution in [3.8, 4) is 0 Å². The maximum atomic E-state index is 12.1. The van der Waals surface area contributed by atoms with Gasteiger partial charge in [-0.3, -0.25) is 4.79 Å². The van der Waals surface area contributed by atoms with Crippen molar-refractivity contribution < 1.29 is 4.79 Å². The number of likely N-dealkylation sites (tertiary alicyclic amines) is 1. The SMILES string of the molecule is O=C(NCCN1CCCC1)c1ccc2ccccc2c1. The Morgan fingerprint density at radius 1 is 1.05 bits per heavy atom. The molecule has 2 aromatic carbocycles. The lowest BCUT2D eigenvalue weighted by molar-refractivity contribution is 0.0950. The van der Waals surface area contributed by atoms with Crippen molar-refractivity contribution in [2.24, 2.45) is 0 Å². The Kier molecular flexibility index (Phi) is 3.97. The maximum absolute atomic E-state index is 12.1. The van der Waals surface area contributed by atoms with Crippen molar-refractivity contribution in [1.82, 2.24) is 10.2 Å². The number of nitrogens with zero attached hydrogens (tertiary/aromatic N) is 1. The number of nitrogens with one attached hydrogen (secondary N) is 1. The van der Waals surface area contributed by atoms with Crippen molar-refractivity contribution in [2.75, 3.05) is 26.2 Å². The summed E-state index contributed by atoms with van der Waals surface area (Å²) < 4.78 is 0. The molecule has 1 heterocycles. The summed E-state index contributed by atoms with van der Waals surface area (Å²) in [5.41, 5.74) is 0.741. The van der Waals surface area contributed by atoms with Crippen molar-refractivity contribution in [3.05, 3.63) is 48.0 Å². The molecule has 0 aromatic heterocycles. The lowest BCUT2D eigenvalue weighted by atomic mass is 10.1. The summed E-state index contributed by atoms with van der Waals surface area (Å²) in [5, 5.41) is 5.29. The van der Waals surface area contributed by atoms with Gasteiger partial charge >= 0.3 is 0 Å². The van der Waals surface area contributed by atoms with E-state index in [1.165, 1.54) is 31.3 Å². The zero-order valence-corrected chi connectivity index (χ0v) is 11.6. The molecule has 104 valence electrons. The molecule has 0 saturated carbocycles. The molecule has 3 rings (SSSR count). The second-order valence-corrected chi connectivity index (χ2v) is 5.37. The summed E-state index contributed by atoms with van der Waals surface area (Å²) in [4.78, 5) is 14.5. The van der Waals surface area contributed by atoms with Crippen LogP contribution in [0.25, 0.3) is 10.8 Å². The number of fused-ring (bicyclic) bond motifs is 1. The molecule has 1 aliphatic rings. The average molecular weight is 268 g/mol. The molecule has 3 heteroatoms. The largest absolute Gasteiger partial charge is 0.351 e. The molecule has 0 unspecified atom stereocenters. The van der Waals surface area contributed by atoms with Crippen LogP contribution in [0.2, 0.25) is 0 Å². The molecule has 0 bridgehead atoms. The van der Waals surface area contributed by atoms with Gasteiger partial charge in [-0.2, -0.15) is 0 Å². The molecule has 1 N–H and O–H groups in total.